The minimum atomic E-state index is -0.926. The van der Waals surface area contributed by atoms with E-state index < -0.39 is 12.2 Å². The summed E-state index contributed by atoms with van der Waals surface area (Å²) in [6, 6.07) is -0.362. The standard InChI is InChI=1S/C28H33N7O5/c1-2-30-28(38)34-24-22-25(32-14-31-24)35(15-33-22)26-23-18(11-21(39-23)16-7-4-3-5-8-16)20(40-26)10-6-9-17-12-29-13-19(17)27(36)37/h3-5,7,12-16,18,20-21,23,26,29H,2,6,8-11H2,1H3,(H,36,37)(H2,30,31,32,34,38)/t16?,18?,20?,21-,23?,26?/m1/s1. The summed E-state index contributed by atoms with van der Waals surface area (Å²) in [5.74, 6) is -0.118. The van der Waals surface area contributed by atoms with Crippen LogP contribution in [0.25, 0.3) is 11.2 Å². The number of aromatic carboxylic acids is 1. The molecule has 1 aliphatic carbocycles. The molecule has 5 heterocycles. The first-order valence-electron chi connectivity index (χ1n) is 13.8. The maximum atomic E-state index is 12.1. The van der Waals surface area contributed by atoms with Crippen molar-refractivity contribution in [1.29, 1.82) is 0 Å². The molecule has 3 aromatic rings. The third-order valence-corrected chi connectivity index (χ3v) is 8.02. The number of carboxylic acids is 1. The van der Waals surface area contributed by atoms with Gasteiger partial charge in [0.25, 0.3) is 0 Å². The van der Waals surface area contributed by atoms with E-state index in [2.05, 4.69) is 54.9 Å². The minimum absolute atomic E-state index is 0.0671. The van der Waals surface area contributed by atoms with Gasteiger partial charge in [0.15, 0.2) is 23.2 Å². The van der Waals surface area contributed by atoms with Gasteiger partial charge in [0.05, 0.1) is 24.1 Å². The van der Waals surface area contributed by atoms with Crippen molar-refractivity contribution in [3.8, 4) is 0 Å². The molecule has 4 N–H and O–H groups in total. The Morgan fingerprint density at radius 2 is 2.10 bits per heavy atom. The number of carbonyl (C=O) groups is 2. The molecular weight excluding hydrogens is 514 g/mol. The molecule has 210 valence electrons. The third kappa shape index (κ3) is 5.00. The second-order valence-electron chi connectivity index (χ2n) is 10.4. The molecule has 6 rings (SSSR count). The van der Waals surface area contributed by atoms with E-state index in [0.717, 1.165) is 31.2 Å². The number of nitrogens with one attached hydrogen (secondary N) is 3. The van der Waals surface area contributed by atoms with Gasteiger partial charge in [0.1, 0.15) is 12.4 Å². The molecule has 0 saturated carbocycles. The summed E-state index contributed by atoms with van der Waals surface area (Å²) >= 11 is 0. The Labute approximate surface area is 230 Å². The zero-order valence-electron chi connectivity index (χ0n) is 22.2. The van der Waals surface area contributed by atoms with Crippen LogP contribution in [-0.4, -0.2) is 66.5 Å². The van der Waals surface area contributed by atoms with Crippen LogP contribution < -0.4 is 10.6 Å². The van der Waals surface area contributed by atoms with Crippen molar-refractivity contribution >= 4 is 29.0 Å². The van der Waals surface area contributed by atoms with Gasteiger partial charge in [-0.1, -0.05) is 24.3 Å². The number of hydrogen-bond acceptors (Lipinski definition) is 7. The number of carboxylic acid groups (broad SMARTS) is 1. The van der Waals surface area contributed by atoms with Crippen LogP contribution in [0.15, 0.2) is 49.4 Å². The Hall–Kier alpha value is -4.03. The van der Waals surface area contributed by atoms with Gasteiger partial charge >= 0.3 is 12.0 Å². The zero-order valence-corrected chi connectivity index (χ0v) is 22.2. The average Bonchev–Trinajstić information content (AvgIpc) is 3.74. The molecule has 2 saturated heterocycles. The Balaban J connectivity index is 1.24. The number of nitrogens with zero attached hydrogens (tertiary/aromatic N) is 4. The summed E-state index contributed by atoms with van der Waals surface area (Å²) in [6.07, 6.45) is 18.3. The minimum Gasteiger partial charge on any atom is -0.478 e. The number of aromatic amines is 1. The van der Waals surface area contributed by atoms with E-state index in [1.54, 1.807) is 12.5 Å². The number of imidazole rings is 1. The molecule has 3 aliphatic rings. The average molecular weight is 548 g/mol. The van der Waals surface area contributed by atoms with Crippen LogP contribution in [0.3, 0.4) is 0 Å². The molecule has 12 heteroatoms. The van der Waals surface area contributed by atoms with Crippen LogP contribution in [0.1, 0.15) is 54.8 Å². The predicted octanol–water partition coefficient (Wildman–Crippen LogP) is 3.82. The summed E-state index contributed by atoms with van der Waals surface area (Å²) in [5, 5.41) is 14.9. The molecule has 5 unspecified atom stereocenters. The van der Waals surface area contributed by atoms with E-state index in [9.17, 15) is 14.7 Å². The number of H-pyrrole nitrogens is 1. The molecule has 2 amide bonds. The first-order chi connectivity index (χ1) is 19.5. The van der Waals surface area contributed by atoms with Crippen molar-refractivity contribution in [2.75, 3.05) is 11.9 Å². The molecule has 0 spiro atoms. The van der Waals surface area contributed by atoms with Crippen LogP contribution >= 0.6 is 0 Å². The van der Waals surface area contributed by atoms with Crippen molar-refractivity contribution in [3.05, 3.63) is 60.5 Å². The summed E-state index contributed by atoms with van der Waals surface area (Å²) < 4.78 is 15.2. The number of urea groups is 1. The molecular formula is C28H33N7O5. The van der Waals surface area contributed by atoms with Crippen molar-refractivity contribution < 1.29 is 24.2 Å². The summed E-state index contributed by atoms with van der Waals surface area (Å²) in [7, 11) is 0. The highest BCUT2D eigenvalue weighted by atomic mass is 16.6. The Bertz CT molecular complexity index is 1450. The van der Waals surface area contributed by atoms with Gasteiger partial charge in [-0.3, -0.25) is 9.88 Å². The number of rotatable bonds is 9. The fourth-order valence-electron chi connectivity index (χ4n) is 6.15. The zero-order chi connectivity index (χ0) is 27.6. The van der Waals surface area contributed by atoms with Crippen molar-refractivity contribution in [1.82, 2.24) is 29.8 Å². The van der Waals surface area contributed by atoms with Crippen LogP contribution in [0, 0.1) is 11.8 Å². The lowest BCUT2D eigenvalue weighted by atomic mass is 9.86. The third-order valence-electron chi connectivity index (χ3n) is 8.02. The number of amides is 2. The van der Waals surface area contributed by atoms with Gasteiger partial charge in [0.2, 0.25) is 0 Å². The van der Waals surface area contributed by atoms with E-state index in [0.29, 0.717) is 41.4 Å². The van der Waals surface area contributed by atoms with Gasteiger partial charge in [0, 0.05) is 30.8 Å². The van der Waals surface area contributed by atoms with Crippen LogP contribution in [-0.2, 0) is 15.9 Å². The topological polar surface area (TPSA) is 156 Å². The van der Waals surface area contributed by atoms with Gasteiger partial charge in [-0.2, -0.15) is 0 Å². The van der Waals surface area contributed by atoms with Crippen LogP contribution in [0.2, 0.25) is 0 Å². The van der Waals surface area contributed by atoms with Gasteiger partial charge in [-0.15, -0.1) is 0 Å². The van der Waals surface area contributed by atoms with Gasteiger partial charge < -0.3 is 24.9 Å². The second kappa shape index (κ2) is 11.2. The lowest BCUT2D eigenvalue weighted by Gasteiger charge is -2.25. The Kier molecular flexibility index (Phi) is 7.35. The largest absolute Gasteiger partial charge is 0.478 e. The number of fused-ring (bicyclic) bond motifs is 2. The molecule has 0 bridgehead atoms. The van der Waals surface area contributed by atoms with Crippen LogP contribution in [0.4, 0.5) is 10.6 Å². The quantitative estimate of drug-likeness (QED) is 0.315. The van der Waals surface area contributed by atoms with E-state index in [1.165, 1.54) is 12.5 Å². The fourth-order valence-corrected chi connectivity index (χ4v) is 6.15. The first kappa shape index (κ1) is 26.2. The van der Waals surface area contributed by atoms with Gasteiger partial charge in [-0.05, 0) is 44.6 Å². The molecule has 2 aliphatic heterocycles. The van der Waals surface area contributed by atoms with Crippen molar-refractivity contribution in [3.63, 3.8) is 0 Å². The van der Waals surface area contributed by atoms with E-state index in [-0.39, 0.29) is 30.3 Å². The monoisotopic (exact) mass is 547 g/mol. The lowest BCUT2D eigenvalue weighted by Crippen LogP contribution is -2.28. The summed E-state index contributed by atoms with van der Waals surface area (Å²) in [5.41, 5.74) is 2.13. The number of hydrogen-bond donors (Lipinski definition) is 4. The molecule has 3 aromatic heterocycles. The normalized spacial score (nSPS) is 27.2. The van der Waals surface area contributed by atoms with Crippen molar-refractivity contribution in [2.24, 2.45) is 11.8 Å². The Morgan fingerprint density at radius 3 is 2.90 bits per heavy atom. The maximum absolute atomic E-state index is 12.1. The Morgan fingerprint density at radius 1 is 1.20 bits per heavy atom. The van der Waals surface area contributed by atoms with Crippen molar-refractivity contribution in [2.45, 2.75) is 63.6 Å². The number of aryl methyl sites for hydroxylation is 1. The highest BCUT2D eigenvalue weighted by Crippen LogP contribution is 2.48. The molecule has 2 fully saturated rings. The molecule has 12 nitrogen and oxygen atoms in total. The number of carbonyl (C=O) groups excluding carboxylic acids is 1. The van der Waals surface area contributed by atoms with E-state index >= 15 is 0 Å². The summed E-state index contributed by atoms with van der Waals surface area (Å²) in [4.78, 5) is 39.8. The highest BCUT2D eigenvalue weighted by molar-refractivity contribution is 5.95. The highest BCUT2D eigenvalue weighted by Gasteiger charge is 2.53. The summed E-state index contributed by atoms with van der Waals surface area (Å²) in [6.45, 7) is 2.33. The second-order valence-corrected chi connectivity index (χ2v) is 10.4. The molecule has 0 radical (unpaired) electrons. The van der Waals surface area contributed by atoms with Crippen LogP contribution in [0.5, 0.6) is 0 Å². The first-order valence-corrected chi connectivity index (χ1v) is 13.8. The smallest absolute Gasteiger partial charge is 0.337 e. The molecule has 40 heavy (non-hydrogen) atoms. The fraction of sp³-hybridized carbons (Fsp3) is 0.464. The lowest BCUT2D eigenvalue weighted by molar-refractivity contribution is -0.0852. The SMILES string of the molecule is CCNC(=O)Nc1ncnc2c1ncn2C1OC(CCCc2c[nH]cc2C(=O)O)C2C[C@H](C3C=CC=CC3)OC21. The number of ether oxygens (including phenoxy) is 2. The van der Waals surface area contributed by atoms with E-state index in [1.807, 2.05) is 11.5 Å². The number of aromatic nitrogens is 5. The number of anilines is 1. The maximum Gasteiger partial charge on any atom is 0.337 e. The van der Waals surface area contributed by atoms with E-state index in [4.69, 9.17) is 9.47 Å². The molecule has 0 aromatic carbocycles. The van der Waals surface area contributed by atoms with Gasteiger partial charge in [-0.25, -0.2) is 24.5 Å². The predicted molar refractivity (Wildman–Crippen MR) is 146 cm³/mol. The number of allylic oxidation sites excluding steroid dienone is 3. The molecule has 6 atom stereocenters.